The number of carbonyl (C=O) groups is 2. The van der Waals surface area contributed by atoms with E-state index in [1.807, 2.05) is 37.3 Å². The van der Waals surface area contributed by atoms with E-state index in [2.05, 4.69) is 5.32 Å². The van der Waals surface area contributed by atoms with Gasteiger partial charge in [-0.2, -0.15) is 0 Å². The van der Waals surface area contributed by atoms with E-state index in [9.17, 15) is 9.59 Å². The topological polar surface area (TPSA) is 87.7 Å². The second-order valence-corrected chi connectivity index (χ2v) is 5.61. The summed E-state index contributed by atoms with van der Waals surface area (Å²) in [6.07, 6.45) is 1.08. The van der Waals surface area contributed by atoms with Crippen LogP contribution in [-0.4, -0.2) is 29.7 Å². The van der Waals surface area contributed by atoms with E-state index in [1.54, 1.807) is 29.7 Å². The number of ether oxygens (including phenoxy) is 1. The van der Waals surface area contributed by atoms with Gasteiger partial charge in [-0.05, 0) is 36.2 Å². The van der Waals surface area contributed by atoms with Gasteiger partial charge in [0.25, 0.3) is 5.91 Å². The minimum Gasteiger partial charge on any atom is -0.491 e. The van der Waals surface area contributed by atoms with Crippen LogP contribution in [0.5, 0.6) is 5.75 Å². The zero-order valence-electron chi connectivity index (χ0n) is 14.1. The highest BCUT2D eigenvalue weighted by Crippen LogP contribution is 2.13. The van der Waals surface area contributed by atoms with Gasteiger partial charge in [-0.15, -0.1) is 0 Å². The fourth-order valence-electron chi connectivity index (χ4n) is 2.29. The van der Waals surface area contributed by atoms with Crippen molar-refractivity contribution in [2.24, 2.45) is 0 Å². The highest BCUT2D eigenvalue weighted by molar-refractivity contribution is 5.93. The van der Waals surface area contributed by atoms with E-state index < -0.39 is 5.91 Å². The first kappa shape index (κ1) is 18.5. The van der Waals surface area contributed by atoms with Crippen molar-refractivity contribution in [2.75, 3.05) is 6.61 Å². The van der Waals surface area contributed by atoms with Crippen LogP contribution in [0.25, 0.3) is 0 Å². The van der Waals surface area contributed by atoms with Crippen molar-refractivity contribution >= 4 is 11.8 Å². The molecule has 3 N–H and O–H groups in total. The predicted molar refractivity (Wildman–Crippen MR) is 93.6 cm³/mol. The number of hydrogen-bond acceptors (Lipinski definition) is 4. The van der Waals surface area contributed by atoms with Crippen molar-refractivity contribution in [3.8, 4) is 5.75 Å². The second-order valence-electron chi connectivity index (χ2n) is 5.61. The molecule has 0 aliphatic heterocycles. The van der Waals surface area contributed by atoms with Crippen LogP contribution >= 0.6 is 0 Å². The smallest absolute Gasteiger partial charge is 0.274 e. The Balaban J connectivity index is 1.83. The van der Waals surface area contributed by atoms with Crippen LogP contribution in [-0.2, 0) is 11.2 Å². The van der Waals surface area contributed by atoms with Gasteiger partial charge in [-0.25, -0.2) is 5.48 Å². The average molecular weight is 342 g/mol. The SMILES string of the molecule is CC[C@@H](COc1ccc(C(=O)NO)cc1)NC(=O)Cc1ccccc1. The minimum absolute atomic E-state index is 0.0448. The number of rotatable bonds is 8. The van der Waals surface area contributed by atoms with E-state index in [1.165, 1.54) is 0 Å². The summed E-state index contributed by atoms with van der Waals surface area (Å²) >= 11 is 0. The lowest BCUT2D eigenvalue weighted by Crippen LogP contribution is -2.39. The lowest BCUT2D eigenvalue weighted by atomic mass is 10.1. The van der Waals surface area contributed by atoms with Crippen molar-refractivity contribution in [1.82, 2.24) is 10.8 Å². The van der Waals surface area contributed by atoms with Gasteiger partial charge in [-0.3, -0.25) is 14.8 Å². The molecule has 0 saturated heterocycles. The molecular formula is C19H22N2O4. The first-order valence-corrected chi connectivity index (χ1v) is 8.13. The summed E-state index contributed by atoms with van der Waals surface area (Å²) in [5, 5.41) is 11.5. The van der Waals surface area contributed by atoms with E-state index in [4.69, 9.17) is 9.94 Å². The Hall–Kier alpha value is -2.86. The molecule has 0 fully saturated rings. The van der Waals surface area contributed by atoms with Crippen molar-refractivity contribution in [3.05, 3.63) is 65.7 Å². The Morgan fingerprint density at radius 2 is 1.76 bits per heavy atom. The lowest BCUT2D eigenvalue weighted by molar-refractivity contribution is -0.121. The number of carbonyl (C=O) groups excluding carboxylic acids is 2. The zero-order chi connectivity index (χ0) is 18.1. The molecule has 6 nitrogen and oxygen atoms in total. The number of benzene rings is 2. The molecule has 0 bridgehead atoms. The fraction of sp³-hybridized carbons (Fsp3) is 0.263. The first-order valence-electron chi connectivity index (χ1n) is 8.13. The molecule has 2 aromatic carbocycles. The Labute approximate surface area is 146 Å². The largest absolute Gasteiger partial charge is 0.491 e. The minimum atomic E-state index is -0.578. The van der Waals surface area contributed by atoms with E-state index in [0.29, 0.717) is 24.3 Å². The van der Waals surface area contributed by atoms with E-state index >= 15 is 0 Å². The van der Waals surface area contributed by atoms with Gasteiger partial charge in [0.15, 0.2) is 0 Å². The van der Waals surface area contributed by atoms with Crippen LogP contribution in [0, 0.1) is 0 Å². The summed E-state index contributed by atoms with van der Waals surface area (Å²) < 4.78 is 5.67. The number of nitrogens with one attached hydrogen (secondary N) is 2. The van der Waals surface area contributed by atoms with Gasteiger partial charge in [0.05, 0.1) is 12.5 Å². The molecule has 0 unspecified atom stereocenters. The van der Waals surface area contributed by atoms with Crippen LogP contribution in [0.4, 0.5) is 0 Å². The fourth-order valence-corrected chi connectivity index (χ4v) is 2.29. The molecule has 0 spiro atoms. The molecule has 0 aliphatic rings. The molecule has 0 aliphatic carbocycles. The maximum absolute atomic E-state index is 12.1. The molecule has 2 aromatic rings. The van der Waals surface area contributed by atoms with Gasteiger partial charge in [0.2, 0.25) is 5.91 Å². The number of hydrogen-bond donors (Lipinski definition) is 3. The molecule has 2 amide bonds. The zero-order valence-corrected chi connectivity index (χ0v) is 14.1. The maximum Gasteiger partial charge on any atom is 0.274 e. The predicted octanol–water partition coefficient (Wildman–Crippen LogP) is 2.32. The molecule has 2 rings (SSSR count). The van der Waals surface area contributed by atoms with Crippen LogP contribution in [0.1, 0.15) is 29.3 Å². The first-order chi connectivity index (χ1) is 12.1. The molecule has 6 heteroatoms. The van der Waals surface area contributed by atoms with Gasteiger partial charge >= 0.3 is 0 Å². The molecule has 1 atom stereocenters. The third-order valence-corrected chi connectivity index (χ3v) is 3.73. The summed E-state index contributed by atoms with van der Waals surface area (Å²) in [5.41, 5.74) is 2.87. The highest BCUT2D eigenvalue weighted by Gasteiger charge is 2.12. The Kier molecular flexibility index (Phi) is 6.98. The monoisotopic (exact) mass is 342 g/mol. The molecule has 132 valence electrons. The molecular weight excluding hydrogens is 320 g/mol. The third kappa shape index (κ3) is 5.93. The Morgan fingerprint density at radius 1 is 1.08 bits per heavy atom. The average Bonchev–Trinajstić information content (AvgIpc) is 2.65. The molecule has 0 radical (unpaired) electrons. The van der Waals surface area contributed by atoms with Crippen molar-refractivity contribution in [1.29, 1.82) is 0 Å². The van der Waals surface area contributed by atoms with Gasteiger partial charge in [-0.1, -0.05) is 37.3 Å². The normalized spacial score (nSPS) is 11.4. The van der Waals surface area contributed by atoms with E-state index in [-0.39, 0.29) is 11.9 Å². The summed E-state index contributed by atoms with van der Waals surface area (Å²) in [6, 6.07) is 15.9. The molecule has 0 aromatic heterocycles. The third-order valence-electron chi connectivity index (χ3n) is 3.73. The maximum atomic E-state index is 12.1. The summed E-state index contributed by atoms with van der Waals surface area (Å²) in [5.74, 6) is -0.0342. The summed E-state index contributed by atoms with van der Waals surface area (Å²) in [6.45, 7) is 2.31. The van der Waals surface area contributed by atoms with Crippen molar-refractivity contribution < 1.29 is 19.5 Å². The van der Waals surface area contributed by atoms with Crippen LogP contribution in [0.3, 0.4) is 0 Å². The summed E-state index contributed by atoms with van der Waals surface area (Å²) in [7, 11) is 0. The number of amides is 2. The molecule has 0 saturated carbocycles. The van der Waals surface area contributed by atoms with Gasteiger partial charge < -0.3 is 10.1 Å². The Morgan fingerprint density at radius 3 is 2.36 bits per heavy atom. The molecule has 25 heavy (non-hydrogen) atoms. The second kappa shape index (κ2) is 9.44. The van der Waals surface area contributed by atoms with E-state index in [0.717, 1.165) is 12.0 Å². The highest BCUT2D eigenvalue weighted by atomic mass is 16.5. The quantitative estimate of drug-likeness (QED) is 0.507. The van der Waals surface area contributed by atoms with Crippen LogP contribution < -0.4 is 15.5 Å². The standard InChI is InChI=1S/C19H22N2O4/c1-2-16(20-18(22)12-14-6-4-3-5-7-14)13-25-17-10-8-15(9-11-17)19(23)21-24/h3-11,16,24H,2,12-13H2,1H3,(H,20,22)(H,21,23)/t16-/m0/s1. The van der Waals surface area contributed by atoms with Crippen molar-refractivity contribution in [2.45, 2.75) is 25.8 Å². The molecule has 0 heterocycles. The van der Waals surface area contributed by atoms with Crippen LogP contribution in [0.15, 0.2) is 54.6 Å². The summed E-state index contributed by atoms with van der Waals surface area (Å²) in [4.78, 5) is 23.4. The number of hydroxylamine groups is 1. The van der Waals surface area contributed by atoms with Gasteiger partial charge in [0.1, 0.15) is 12.4 Å². The van der Waals surface area contributed by atoms with Gasteiger partial charge in [0, 0.05) is 5.56 Å². The van der Waals surface area contributed by atoms with Crippen LogP contribution in [0.2, 0.25) is 0 Å². The Bertz CT molecular complexity index is 686. The van der Waals surface area contributed by atoms with Crippen molar-refractivity contribution in [3.63, 3.8) is 0 Å². The lowest BCUT2D eigenvalue weighted by Gasteiger charge is -2.18.